The third-order valence-electron chi connectivity index (χ3n) is 3.57. The van der Waals surface area contributed by atoms with Crippen LogP contribution >= 0.6 is 0 Å². The molecule has 6 heteroatoms. The molecule has 0 aliphatic heterocycles. The molecule has 0 radical (unpaired) electrons. The van der Waals surface area contributed by atoms with Crippen LogP contribution in [-0.2, 0) is 13.0 Å². The first-order valence-electron chi connectivity index (χ1n) is 7.99. The number of nitrogens with two attached hydrogens (primary N) is 1. The Morgan fingerprint density at radius 2 is 2.22 bits per heavy atom. The fourth-order valence-corrected chi connectivity index (χ4v) is 2.39. The second-order valence-electron chi connectivity index (χ2n) is 5.94. The standard InChI is InChI=1S/C17H26N6/c1-13(12-23-15(3)10-14(2)22-23)11-21-17(18)20-9-7-16-6-4-5-8-19-16/h4-6,8,10,13H,7,9,11-12H2,1-3H3,(H3,18,20,21)/t13-/m1/s1. The van der Waals surface area contributed by atoms with E-state index in [-0.39, 0.29) is 0 Å². The van der Waals surface area contributed by atoms with Crippen molar-refractivity contribution < 1.29 is 0 Å². The zero-order valence-corrected chi connectivity index (χ0v) is 14.2. The number of nitrogens with zero attached hydrogens (tertiary/aromatic N) is 4. The third-order valence-corrected chi connectivity index (χ3v) is 3.57. The lowest BCUT2D eigenvalue weighted by Crippen LogP contribution is -2.34. The fraction of sp³-hybridized carbons (Fsp3) is 0.471. The average molecular weight is 314 g/mol. The van der Waals surface area contributed by atoms with Gasteiger partial charge in [-0.05, 0) is 38.0 Å². The van der Waals surface area contributed by atoms with Crippen LogP contribution in [0.4, 0.5) is 0 Å². The number of nitrogens with one attached hydrogen (secondary N) is 1. The van der Waals surface area contributed by atoms with Gasteiger partial charge >= 0.3 is 0 Å². The third kappa shape index (κ3) is 5.73. The van der Waals surface area contributed by atoms with Crippen molar-refractivity contribution in [3.63, 3.8) is 0 Å². The Morgan fingerprint density at radius 3 is 2.87 bits per heavy atom. The van der Waals surface area contributed by atoms with Gasteiger partial charge in [0.15, 0.2) is 5.96 Å². The van der Waals surface area contributed by atoms with Crippen LogP contribution in [0.1, 0.15) is 24.0 Å². The quantitative estimate of drug-likeness (QED) is 0.602. The zero-order chi connectivity index (χ0) is 16.7. The van der Waals surface area contributed by atoms with Crippen LogP contribution in [-0.4, -0.2) is 33.8 Å². The highest BCUT2D eigenvalue weighted by atomic mass is 15.3. The maximum absolute atomic E-state index is 5.91. The molecule has 0 fully saturated rings. The van der Waals surface area contributed by atoms with Gasteiger partial charge in [0, 0.05) is 43.6 Å². The largest absolute Gasteiger partial charge is 0.370 e. The first kappa shape index (κ1) is 17.0. The molecule has 2 rings (SSSR count). The summed E-state index contributed by atoms with van der Waals surface area (Å²) in [4.78, 5) is 8.69. The zero-order valence-electron chi connectivity index (χ0n) is 14.2. The van der Waals surface area contributed by atoms with E-state index in [2.05, 4.69) is 40.3 Å². The summed E-state index contributed by atoms with van der Waals surface area (Å²) in [6.45, 7) is 8.50. The normalized spacial score (nSPS) is 13.1. The molecule has 6 nitrogen and oxygen atoms in total. The van der Waals surface area contributed by atoms with Crippen molar-refractivity contribution in [3.05, 3.63) is 47.5 Å². The molecule has 0 aromatic carbocycles. The predicted octanol–water partition coefficient (Wildman–Crippen LogP) is 1.68. The van der Waals surface area contributed by atoms with E-state index >= 15 is 0 Å². The van der Waals surface area contributed by atoms with Crippen molar-refractivity contribution in [3.8, 4) is 0 Å². The maximum atomic E-state index is 5.91. The summed E-state index contributed by atoms with van der Waals surface area (Å²) in [5.74, 6) is 0.866. The second kappa shape index (κ2) is 8.31. The number of aromatic nitrogens is 3. The van der Waals surface area contributed by atoms with E-state index in [0.29, 0.717) is 18.4 Å². The summed E-state index contributed by atoms with van der Waals surface area (Å²) in [5, 5.41) is 7.61. The first-order valence-corrected chi connectivity index (χ1v) is 7.99. The van der Waals surface area contributed by atoms with E-state index in [1.807, 2.05) is 29.8 Å². The average Bonchev–Trinajstić information content (AvgIpc) is 2.84. The van der Waals surface area contributed by atoms with E-state index in [4.69, 9.17) is 5.73 Å². The van der Waals surface area contributed by atoms with E-state index in [1.165, 1.54) is 5.69 Å². The molecule has 2 aromatic heterocycles. The molecule has 2 aromatic rings. The Morgan fingerprint density at radius 1 is 1.39 bits per heavy atom. The summed E-state index contributed by atoms with van der Waals surface area (Å²) < 4.78 is 2.03. The minimum Gasteiger partial charge on any atom is -0.370 e. The minimum atomic E-state index is 0.379. The molecule has 0 spiro atoms. The van der Waals surface area contributed by atoms with Gasteiger partial charge in [0.25, 0.3) is 0 Å². The number of aliphatic imine (C=N–C) groups is 1. The fourth-order valence-electron chi connectivity index (χ4n) is 2.39. The molecular formula is C17H26N6. The summed E-state index contributed by atoms with van der Waals surface area (Å²) in [6, 6.07) is 7.99. The van der Waals surface area contributed by atoms with Crippen molar-refractivity contribution in [1.82, 2.24) is 20.1 Å². The van der Waals surface area contributed by atoms with E-state index in [9.17, 15) is 0 Å². The molecule has 124 valence electrons. The summed E-state index contributed by atoms with van der Waals surface area (Å²) in [7, 11) is 0. The molecule has 0 saturated heterocycles. The van der Waals surface area contributed by atoms with Gasteiger partial charge in [0.05, 0.1) is 5.69 Å². The Kier molecular flexibility index (Phi) is 6.14. The lowest BCUT2D eigenvalue weighted by molar-refractivity contribution is 0.450. The molecule has 0 saturated carbocycles. The Balaban J connectivity index is 1.72. The topological polar surface area (TPSA) is 81.1 Å². The monoisotopic (exact) mass is 314 g/mol. The first-order chi connectivity index (χ1) is 11.0. The van der Waals surface area contributed by atoms with Crippen molar-refractivity contribution >= 4 is 5.96 Å². The van der Waals surface area contributed by atoms with E-state index in [0.717, 1.165) is 30.9 Å². The van der Waals surface area contributed by atoms with Gasteiger partial charge in [0.1, 0.15) is 0 Å². The van der Waals surface area contributed by atoms with Crippen LogP contribution < -0.4 is 11.1 Å². The molecular weight excluding hydrogens is 288 g/mol. The van der Waals surface area contributed by atoms with Crippen molar-refractivity contribution in [2.75, 3.05) is 13.1 Å². The summed E-state index contributed by atoms with van der Waals surface area (Å²) >= 11 is 0. The maximum Gasteiger partial charge on any atom is 0.188 e. The SMILES string of the molecule is Cc1cc(C)n(C[C@H](C)CN=C(N)NCCc2ccccn2)n1. The van der Waals surface area contributed by atoms with Gasteiger partial charge < -0.3 is 11.1 Å². The molecule has 2 heterocycles. The van der Waals surface area contributed by atoms with Gasteiger partial charge in [-0.2, -0.15) is 5.10 Å². The van der Waals surface area contributed by atoms with E-state index in [1.54, 1.807) is 6.20 Å². The Bertz CT molecular complexity index is 632. The number of guanidine groups is 1. The lowest BCUT2D eigenvalue weighted by Gasteiger charge is -2.11. The number of pyridine rings is 1. The number of hydrogen-bond acceptors (Lipinski definition) is 3. The van der Waals surface area contributed by atoms with Gasteiger partial charge in [-0.15, -0.1) is 0 Å². The second-order valence-corrected chi connectivity index (χ2v) is 5.94. The van der Waals surface area contributed by atoms with Crippen molar-refractivity contribution in [2.24, 2.45) is 16.6 Å². The molecule has 1 atom stereocenters. The van der Waals surface area contributed by atoms with Gasteiger partial charge in [-0.3, -0.25) is 14.7 Å². The highest BCUT2D eigenvalue weighted by Crippen LogP contribution is 2.06. The number of rotatable bonds is 7. The van der Waals surface area contributed by atoms with Gasteiger partial charge in [0.2, 0.25) is 0 Å². The highest BCUT2D eigenvalue weighted by Gasteiger charge is 2.07. The predicted molar refractivity (Wildman–Crippen MR) is 93.3 cm³/mol. The van der Waals surface area contributed by atoms with Crippen LogP contribution in [0.5, 0.6) is 0 Å². The molecule has 0 amide bonds. The van der Waals surface area contributed by atoms with E-state index < -0.39 is 0 Å². The molecule has 23 heavy (non-hydrogen) atoms. The van der Waals surface area contributed by atoms with Crippen molar-refractivity contribution in [1.29, 1.82) is 0 Å². The molecule has 0 aliphatic carbocycles. The smallest absolute Gasteiger partial charge is 0.188 e. The van der Waals surface area contributed by atoms with Gasteiger partial charge in [-0.1, -0.05) is 13.0 Å². The van der Waals surface area contributed by atoms with Crippen molar-refractivity contribution in [2.45, 2.75) is 33.7 Å². The minimum absolute atomic E-state index is 0.379. The number of aryl methyl sites for hydroxylation is 2. The molecule has 0 unspecified atom stereocenters. The number of hydrogen-bond donors (Lipinski definition) is 2. The Labute approximate surface area is 137 Å². The molecule has 3 N–H and O–H groups in total. The van der Waals surface area contributed by atoms with Crippen LogP contribution in [0.3, 0.4) is 0 Å². The molecule has 0 aliphatic rings. The lowest BCUT2D eigenvalue weighted by atomic mass is 10.2. The van der Waals surface area contributed by atoms with Crippen LogP contribution in [0.2, 0.25) is 0 Å². The highest BCUT2D eigenvalue weighted by molar-refractivity contribution is 5.77. The van der Waals surface area contributed by atoms with Crippen LogP contribution in [0.25, 0.3) is 0 Å². The summed E-state index contributed by atoms with van der Waals surface area (Å²) in [5.41, 5.74) is 9.19. The van der Waals surface area contributed by atoms with Crippen LogP contribution in [0.15, 0.2) is 35.5 Å². The summed E-state index contributed by atoms with van der Waals surface area (Å²) in [6.07, 6.45) is 2.63. The van der Waals surface area contributed by atoms with Crippen LogP contribution in [0, 0.1) is 19.8 Å². The molecule has 0 bridgehead atoms. The Hall–Kier alpha value is -2.37. The van der Waals surface area contributed by atoms with Gasteiger partial charge in [-0.25, -0.2) is 0 Å².